The summed E-state index contributed by atoms with van der Waals surface area (Å²) in [6.07, 6.45) is 1.95. The number of aromatic nitrogens is 4. The van der Waals surface area contributed by atoms with Crippen molar-refractivity contribution in [1.82, 2.24) is 25.1 Å². The molecule has 0 aliphatic rings. The fourth-order valence-corrected chi connectivity index (χ4v) is 2.20. The van der Waals surface area contributed by atoms with Crippen molar-refractivity contribution in [2.24, 2.45) is 0 Å². The number of aromatic amines is 1. The highest BCUT2D eigenvalue weighted by atomic mass is 32.2. The summed E-state index contributed by atoms with van der Waals surface area (Å²) < 4.78 is 30.1. The van der Waals surface area contributed by atoms with Crippen LogP contribution < -0.4 is 4.72 Å². The van der Waals surface area contributed by atoms with Crippen molar-refractivity contribution in [2.45, 2.75) is 11.6 Å². The Morgan fingerprint density at radius 2 is 2.33 bits per heavy atom. The smallest absolute Gasteiger partial charge is 0.340 e. The molecule has 0 unspecified atom stereocenters. The molecule has 2 rings (SSSR count). The minimum atomic E-state index is -4.04. The molecular formula is C7H7N5O5S. The Bertz CT molecular complexity index is 646. The van der Waals surface area contributed by atoms with Crippen LogP contribution in [-0.2, 0) is 16.6 Å². The first-order valence-electron chi connectivity index (χ1n) is 4.52. The molecule has 0 fully saturated rings. The average Bonchev–Trinajstić information content (AvgIpc) is 2.98. The van der Waals surface area contributed by atoms with E-state index < -0.39 is 26.6 Å². The van der Waals surface area contributed by atoms with E-state index in [9.17, 15) is 13.2 Å². The number of H-pyrrole nitrogens is 1. The summed E-state index contributed by atoms with van der Waals surface area (Å²) >= 11 is 0. The van der Waals surface area contributed by atoms with Crippen LogP contribution in [0.2, 0.25) is 0 Å². The van der Waals surface area contributed by atoms with Crippen molar-refractivity contribution in [3.63, 3.8) is 0 Å². The number of nitrogens with one attached hydrogen (secondary N) is 2. The van der Waals surface area contributed by atoms with E-state index in [0.717, 1.165) is 12.6 Å². The molecule has 0 saturated carbocycles. The first-order chi connectivity index (χ1) is 8.50. The van der Waals surface area contributed by atoms with E-state index in [2.05, 4.69) is 29.6 Å². The fraction of sp³-hybridized carbons (Fsp3) is 0.143. The molecule has 2 aromatic heterocycles. The molecule has 0 bridgehead atoms. The standard InChI is InChI=1S/C7H7N5O5S/c13-7(14)4-1-9-11-6(4)18(15,16)10-2-5-8-3-17-12-5/h1,3,10H,2H2,(H,9,11)(H,13,14). The van der Waals surface area contributed by atoms with E-state index in [0.29, 0.717) is 0 Å². The summed E-state index contributed by atoms with van der Waals surface area (Å²) in [5.74, 6) is -1.28. The maximum Gasteiger partial charge on any atom is 0.340 e. The van der Waals surface area contributed by atoms with Crippen LogP contribution >= 0.6 is 0 Å². The number of rotatable bonds is 5. The van der Waals surface area contributed by atoms with Gasteiger partial charge in [0.25, 0.3) is 10.0 Å². The van der Waals surface area contributed by atoms with Gasteiger partial charge in [-0.2, -0.15) is 10.1 Å². The van der Waals surface area contributed by atoms with E-state index in [4.69, 9.17) is 5.11 Å². The van der Waals surface area contributed by atoms with Gasteiger partial charge < -0.3 is 9.63 Å². The number of carboxylic acids is 1. The van der Waals surface area contributed by atoms with Gasteiger partial charge in [0, 0.05) is 0 Å². The predicted molar refractivity (Wildman–Crippen MR) is 53.9 cm³/mol. The van der Waals surface area contributed by atoms with Gasteiger partial charge in [0.15, 0.2) is 10.9 Å². The lowest BCUT2D eigenvalue weighted by atomic mass is 10.4. The molecule has 0 aliphatic carbocycles. The van der Waals surface area contributed by atoms with Crippen LogP contribution in [0, 0.1) is 0 Å². The van der Waals surface area contributed by atoms with Gasteiger partial charge in [-0.3, -0.25) is 5.10 Å². The number of hydrogen-bond donors (Lipinski definition) is 3. The Kier molecular flexibility index (Phi) is 3.08. The summed E-state index contributed by atoms with van der Waals surface area (Å²) in [6.45, 7) is -0.225. The van der Waals surface area contributed by atoms with Crippen molar-refractivity contribution >= 4 is 16.0 Å². The molecule has 3 N–H and O–H groups in total. The van der Waals surface area contributed by atoms with Crippen molar-refractivity contribution in [3.8, 4) is 0 Å². The monoisotopic (exact) mass is 273 g/mol. The van der Waals surface area contributed by atoms with E-state index in [1.165, 1.54) is 0 Å². The number of hydrogen-bond acceptors (Lipinski definition) is 7. The lowest BCUT2D eigenvalue weighted by Gasteiger charge is -2.02. The van der Waals surface area contributed by atoms with E-state index in [1.54, 1.807) is 0 Å². The van der Waals surface area contributed by atoms with Crippen LogP contribution in [-0.4, -0.2) is 39.8 Å². The van der Waals surface area contributed by atoms with Crippen molar-refractivity contribution < 1.29 is 22.8 Å². The minimum absolute atomic E-state index is 0.120. The summed E-state index contributed by atoms with van der Waals surface area (Å²) in [5, 5.41) is 17.1. The number of aromatic carboxylic acids is 1. The first kappa shape index (κ1) is 12.2. The molecule has 0 radical (unpaired) electrons. The van der Waals surface area contributed by atoms with Crippen LogP contribution in [0.1, 0.15) is 16.2 Å². The normalized spacial score (nSPS) is 11.6. The molecule has 10 nitrogen and oxygen atoms in total. The molecule has 0 spiro atoms. The quantitative estimate of drug-likeness (QED) is 0.625. The van der Waals surface area contributed by atoms with Gasteiger partial charge >= 0.3 is 5.97 Å². The largest absolute Gasteiger partial charge is 0.478 e. The predicted octanol–water partition coefficient (Wildman–Crippen LogP) is -1.03. The second-order valence-corrected chi connectivity index (χ2v) is 4.79. The topological polar surface area (TPSA) is 151 Å². The van der Waals surface area contributed by atoms with E-state index >= 15 is 0 Å². The first-order valence-corrected chi connectivity index (χ1v) is 6.00. The summed E-state index contributed by atoms with van der Waals surface area (Å²) in [7, 11) is -4.04. The van der Waals surface area contributed by atoms with Crippen LogP contribution in [0.3, 0.4) is 0 Å². The highest BCUT2D eigenvalue weighted by Crippen LogP contribution is 2.11. The van der Waals surface area contributed by atoms with Crippen LogP contribution in [0.5, 0.6) is 0 Å². The molecule has 11 heteroatoms. The van der Waals surface area contributed by atoms with Crippen LogP contribution in [0.4, 0.5) is 0 Å². The molecular weight excluding hydrogens is 266 g/mol. The van der Waals surface area contributed by atoms with Gasteiger partial charge in [0.1, 0.15) is 5.56 Å². The lowest BCUT2D eigenvalue weighted by Crippen LogP contribution is -2.25. The molecule has 96 valence electrons. The maximum absolute atomic E-state index is 11.8. The van der Waals surface area contributed by atoms with Crippen LogP contribution in [0.15, 0.2) is 22.1 Å². The zero-order chi connectivity index (χ0) is 13.2. The highest BCUT2D eigenvalue weighted by molar-refractivity contribution is 7.89. The van der Waals surface area contributed by atoms with E-state index in [-0.39, 0.29) is 12.4 Å². The Hall–Kier alpha value is -2.27. The molecule has 18 heavy (non-hydrogen) atoms. The number of nitrogens with zero attached hydrogens (tertiary/aromatic N) is 3. The molecule has 2 heterocycles. The van der Waals surface area contributed by atoms with Crippen molar-refractivity contribution in [1.29, 1.82) is 0 Å². The molecule has 0 amide bonds. The Morgan fingerprint density at radius 1 is 1.56 bits per heavy atom. The van der Waals surface area contributed by atoms with E-state index in [1.807, 2.05) is 0 Å². The van der Waals surface area contributed by atoms with Gasteiger partial charge in [0.05, 0.1) is 12.7 Å². The summed E-state index contributed by atoms with van der Waals surface area (Å²) in [5.41, 5.74) is -0.449. The molecule has 2 aromatic rings. The number of carbonyl (C=O) groups is 1. The van der Waals surface area contributed by atoms with Gasteiger partial charge in [-0.05, 0) is 0 Å². The third-order valence-corrected chi connectivity index (χ3v) is 3.30. The molecule has 0 aromatic carbocycles. The zero-order valence-corrected chi connectivity index (χ0v) is 9.51. The minimum Gasteiger partial charge on any atom is -0.478 e. The average molecular weight is 273 g/mol. The van der Waals surface area contributed by atoms with Crippen molar-refractivity contribution in [2.75, 3.05) is 0 Å². The SMILES string of the molecule is O=C(O)c1cn[nH]c1S(=O)(=O)NCc1ncon1. The number of sulfonamides is 1. The third-order valence-electron chi connectivity index (χ3n) is 1.93. The maximum atomic E-state index is 11.8. The molecule has 0 aliphatic heterocycles. The second kappa shape index (κ2) is 4.54. The van der Waals surface area contributed by atoms with Gasteiger partial charge in [0.2, 0.25) is 6.39 Å². The summed E-state index contributed by atoms with van der Waals surface area (Å²) in [4.78, 5) is 14.4. The Labute approximate surface area is 100 Å². The van der Waals surface area contributed by atoms with Crippen LogP contribution in [0.25, 0.3) is 0 Å². The molecule has 0 atom stereocenters. The Morgan fingerprint density at radius 3 is 2.94 bits per heavy atom. The van der Waals surface area contributed by atoms with Gasteiger partial charge in [-0.1, -0.05) is 5.16 Å². The lowest BCUT2D eigenvalue weighted by molar-refractivity contribution is 0.0692. The zero-order valence-electron chi connectivity index (χ0n) is 8.69. The van der Waals surface area contributed by atoms with Gasteiger partial charge in [-0.25, -0.2) is 17.9 Å². The van der Waals surface area contributed by atoms with Gasteiger partial charge in [-0.15, -0.1) is 0 Å². The Balaban J connectivity index is 2.20. The second-order valence-electron chi connectivity index (χ2n) is 3.09. The number of carboxylic acid groups (broad SMARTS) is 1. The fourth-order valence-electron chi connectivity index (χ4n) is 1.13. The van der Waals surface area contributed by atoms with Crippen molar-refractivity contribution in [3.05, 3.63) is 24.0 Å². The highest BCUT2D eigenvalue weighted by Gasteiger charge is 2.24. The third kappa shape index (κ3) is 2.36. The molecule has 0 saturated heterocycles. The summed E-state index contributed by atoms with van der Waals surface area (Å²) in [6, 6.07) is 0.